The highest BCUT2D eigenvalue weighted by Crippen LogP contribution is 2.36. The number of benzene rings is 3. The van der Waals surface area contributed by atoms with Gasteiger partial charge in [0.1, 0.15) is 11.3 Å². The first-order chi connectivity index (χ1) is 17.0. The molecule has 0 bridgehead atoms. The number of hydrogen-bond donors (Lipinski definition) is 1. The molecule has 178 valence electrons. The van der Waals surface area contributed by atoms with Gasteiger partial charge in [-0.25, -0.2) is 0 Å². The lowest BCUT2D eigenvalue weighted by atomic mass is 9.97. The zero-order valence-corrected chi connectivity index (χ0v) is 20.4. The van der Waals surface area contributed by atoms with Crippen LogP contribution in [0.25, 0.3) is 33.4 Å². The van der Waals surface area contributed by atoms with Gasteiger partial charge in [0.15, 0.2) is 0 Å². The van der Waals surface area contributed by atoms with Crippen molar-refractivity contribution in [2.24, 2.45) is 0 Å². The van der Waals surface area contributed by atoms with Crippen molar-refractivity contribution in [3.63, 3.8) is 0 Å². The smallest absolute Gasteiger partial charge is 0.255 e. The maximum absolute atomic E-state index is 13.2. The highest BCUT2D eigenvalue weighted by molar-refractivity contribution is 6.11. The lowest BCUT2D eigenvalue weighted by molar-refractivity contribution is 0.0635. The minimum Gasteiger partial charge on any atom is -0.455 e. The van der Waals surface area contributed by atoms with E-state index in [0.717, 1.165) is 47.0 Å². The van der Waals surface area contributed by atoms with Gasteiger partial charge < -0.3 is 14.6 Å². The number of hydrogen-bond acceptors (Lipinski definition) is 3. The third kappa shape index (κ3) is 4.34. The minimum atomic E-state index is -0.195. The highest BCUT2D eigenvalue weighted by atomic mass is 16.3. The fraction of sp³-hybridized carbons (Fsp3) is 0.267. The molecule has 2 amide bonds. The number of furan rings is 1. The van der Waals surface area contributed by atoms with Crippen LogP contribution in [0.4, 0.5) is 0 Å². The number of carbonyl (C=O) groups excluding carboxylic acids is 2. The number of piperidine rings is 1. The van der Waals surface area contributed by atoms with Gasteiger partial charge in [-0.05, 0) is 68.5 Å². The summed E-state index contributed by atoms with van der Waals surface area (Å²) in [4.78, 5) is 28.1. The van der Waals surface area contributed by atoms with Crippen LogP contribution in [0.5, 0.6) is 0 Å². The van der Waals surface area contributed by atoms with Gasteiger partial charge in [-0.2, -0.15) is 0 Å². The van der Waals surface area contributed by atoms with E-state index in [1.807, 2.05) is 78.6 Å². The molecule has 5 heteroatoms. The van der Waals surface area contributed by atoms with E-state index in [2.05, 4.69) is 12.2 Å². The van der Waals surface area contributed by atoms with Crippen LogP contribution in [0, 0.1) is 6.92 Å². The molecular weight excluding hydrogens is 436 g/mol. The summed E-state index contributed by atoms with van der Waals surface area (Å²) >= 11 is 0. The first kappa shape index (κ1) is 22.9. The Morgan fingerprint density at radius 3 is 2.43 bits per heavy atom. The summed E-state index contributed by atoms with van der Waals surface area (Å²) in [6.45, 7) is 4.96. The molecule has 1 aliphatic heterocycles. The number of fused-ring (bicyclic) bond motifs is 1. The van der Waals surface area contributed by atoms with Crippen molar-refractivity contribution in [1.82, 2.24) is 10.2 Å². The van der Waals surface area contributed by atoms with Crippen molar-refractivity contribution in [3.8, 4) is 22.5 Å². The number of nitrogens with zero attached hydrogens (tertiary/aromatic N) is 1. The van der Waals surface area contributed by atoms with E-state index in [-0.39, 0.29) is 17.9 Å². The van der Waals surface area contributed by atoms with E-state index in [1.165, 1.54) is 6.42 Å². The zero-order chi connectivity index (χ0) is 24.5. The van der Waals surface area contributed by atoms with Crippen LogP contribution in [0.2, 0.25) is 0 Å². The van der Waals surface area contributed by atoms with Crippen molar-refractivity contribution in [1.29, 1.82) is 0 Å². The molecule has 0 spiro atoms. The maximum Gasteiger partial charge on any atom is 0.255 e. The molecule has 1 unspecified atom stereocenters. The second kappa shape index (κ2) is 9.41. The van der Waals surface area contributed by atoms with Crippen LogP contribution in [-0.2, 0) is 0 Å². The summed E-state index contributed by atoms with van der Waals surface area (Å²) in [5.41, 5.74) is 5.72. The lowest BCUT2D eigenvalue weighted by Crippen LogP contribution is -2.42. The lowest BCUT2D eigenvalue weighted by Gasteiger charge is -2.33. The van der Waals surface area contributed by atoms with Gasteiger partial charge in [0, 0.05) is 36.1 Å². The number of nitrogens with one attached hydrogen (secondary N) is 1. The summed E-state index contributed by atoms with van der Waals surface area (Å²) in [5, 5.41) is 3.50. The third-order valence-electron chi connectivity index (χ3n) is 6.96. The topological polar surface area (TPSA) is 62.6 Å². The Morgan fingerprint density at radius 2 is 1.69 bits per heavy atom. The van der Waals surface area contributed by atoms with Gasteiger partial charge in [-0.3, -0.25) is 9.59 Å². The van der Waals surface area contributed by atoms with E-state index in [4.69, 9.17) is 4.42 Å². The Balaban J connectivity index is 1.57. The predicted octanol–water partition coefficient (Wildman–Crippen LogP) is 6.45. The van der Waals surface area contributed by atoms with Crippen LogP contribution < -0.4 is 5.32 Å². The molecule has 0 saturated carbocycles. The summed E-state index contributed by atoms with van der Waals surface area (Å²) in [6, 6.07) is 21.8. The minimum absolute atomic E-state index is 0.0798. The molecule has 3 aromatic carbocycles. The van der Waals surface area contributed by atoms with Gasteiger partial charge in [0.05, 0.1) is 5.56 Å². The second-order valence-electron chi connectivity index (χ2n) is 9.39. The van der Waals surface area contributed by atoms with Gasteiger partial charge in [-0.1, -0.05) is 48.0 Å². The van der Waals surface area contributed by atoms with Crippen LogP contribution in [0.15, 0.2) is 71.1 Å². The van der Waals surface area contributed by atoms with E-state index in [0.29, 0.717) is 22.5 Å². The molecule has 1 aliphatic rings. The summed E-state index contributed by atoms with van der Waals surface area (Å²) in [6.07, 6.45) is 3.28. The number of aryl methyl sites for hydroxylation is 1. The van der Waals surface area contributed by atoms with Crippen molar-refractivity contribution in [2.75, 3.05) is 13.6 Å². The molecular formula is C30H30N2O3. The Morgan fingerprint density at radius 1 is 0.943 bits per heavy atom. The third-order valence-corrected chi connectivity index (χ3v) is 6.96. The van der Waals surface area contributed by atoms with E-state index in [9.17, 15) is 9.59 Å². The average molecular weight is 467 g/mol. The summed E-state index contributed by atoms with van der Waals surface area (Å²) < 4.78 is 6.17. The molecule has 0 radical (unpaired) electrons. The molecule has 0 aliphatic carbocycles. The van der Waals surface area contributed by atoms with Crippen LogP contribution in [0.1, 0.15) is 52.5 Å². The number of rotatable bonds is 4. The summed E-state index contributed by atoms with van der Waals surface area (Å²) in [5.74, 6) is 0.440. The first-order valence-corrected chi connectivity index (χ1v) is 12.2. The molecule has 5 nitrogen and oxygen atoms in total. The molecule has 1 N–H and O–H groups in total. The Labute approximate surface area is 205 Å². The molecule has 2 heterocycles. The average Bonchev–Trinajstić information content (AvgIpc) is 3.27. The predicted molar refractivity (Wildman–Crippen MR) is 140 cm³/mol. The van der Waals surface area contributed by atoms with E-state index >= 15 is 0 Å². The first-order valence-electron chi connectivity index (χ1n) is 12.2. The van der Waals surface area contributed by atoms with Crippen LogP contribution in [0.3, 0.4) is 0 Å². The van der Waals surface area contributed by atoms with Crippen molar-refractivity contribution in [3.05, 3.63) is 83.4 Å². The van der Waals surface area contributed by atoms with Crippen molar-refractivity contribution >= 4 is 22.8 Å². The molecule has 1 fully saturated rings. The SMILES string of the molecule is CNC(=O)c1c(-c2ccc(C)cc2)oc2ccc(-c3cccc(C(=O)N4CCCCC4C)c3)cc12. The van der Waals surface area contributed by atoms with Gasteiger partial charge in [0.2, 0.25) is 0 Å². The van der Waals surface area contributed by atoms with Gasteiger partial charge in [0.25, 0.3) is 11.8 Å². The molecule has 4 aromatic rings. The van der Waals surface area contributed by atoms with Crippen LogP contribution in [-0.4, -0.2) is 36.3 Å². The molecule has 1 atom stereocenters. The van der Waals surface area contributed by atoms with Gasteiger partial charge >= 0.3 is 0 Å². The van der Waals surface area contributed by atoms with Crippen molar-refractivity contribution in [2.45, 2.75) is 39.2 Å². The highest BCUT2D eigenvalue weighted by Gasteiger charge is 2.25. The number of carbonyl (C=O) groups is 2. The Bertz CT molecular complexity index is 1400. The fourth-order valence-electron chi connectivity index (χ4n) is 4.93. The van der Waals surface area contributed by atoms with E-state index in [1.54, 1.807) is 7.05 Å². The van der Waals surface area contributed by atoms with Crippen molar-refractivity contribution < 1.29 is 14.0 Å². The Hall–Kier alpha value is -3.86. The van der Waals surface area contributed by atoms with E-state index < -0.39 is 0 Å². The summed E-state index contributed by atoms with van der Waals surface area (Å²) in [7, 11) is 1.63. The number of amides is 2. The second-order valence-corrected chi connectivity index (χ2v) is 9.39. The molecule has 35 heavy (non-hydrogen) atoms. The molecule has 5 rings (SSSR count). The fourth-order valence-corrected chi connectivity index (χ4v) is 4.93. The Kier molecular flexibility index (Phi) is 6.16. The largest absolute Gasteiger partial charge is 0.455 e. The maximum atomic E-state index is 13.2. The zero-order valence-electron chi connectivity index (χ0n) is 20.4. The van der Waals surface area contributed by atoms with Gasteiger partial charge in [-0.15, -0.1) is 0 Å². The molecule has 1 aromatic heterocycles. The quantitative estimate of drug-likeness (QED) is 0.376. The number of likely N-dealkylation sites (tertiary alicyclic amines) is 1. The monoisotopic (exact) mass is 466 g/mol. The molecule has 1 saturated heterocycles. The van der Waals surface area contributed by atoms with Crippen LogP contribution >= 0.6 is 0 Å². The normalized spacial score (nSPS) is 15.9. The standard InChI is InChI=1S/C30H30N2O3/c1-19-10-12-21(13-11-19)28-27(29(33)31-3)25-18-23(14-15-26(25)35-28)22-8-6-9-24(17-22)30(34)32-16-5-4-7-20(32)2/h6,8-15,17-18,20H,4-5,7,16H2,1-3H3,(H,31,33).